The van der Waals surface area contributed by atoms with Gasteiger partial charge in [0, 0.05) is 5.56 Å². The molecule has 0 unspecified atom stereocenters. The third-order valence-corrected chi connectivity index (χ3v) is 4.13. The quantitative estimate of drug-likeness (QED) is 0.856. The third-order valence-electron chi connectivity index (χ3n) is 4.13. The SMILES string of the molecule is O=C(Cc1ccc2c(c1)CCCC2)NNC(=O)c1ccccc1. The fourth-order valence-electron chi connectivity index (χ4n) is 2.91. The van der Waals surface area contributed by atoms with Gasteiger partial charge in [0.05, 0.1) is 6.42 Å². The minimum atomic E-state index is -0.315. The number of fused-ring (bicyclic) bond motifs is 1. The van der Waals surface area contributed by atoms with E-state index in [1.54, 1.807) is 24.3 Å². The van der Waals surface area contributed by atoms with Crippen LogP contribution in [-0.2, 0) is 24.1 Å². The van der Waals surface area contributed by atoms with Crippen LogP contribution in [0.25, 0.3) is 0 Å². The van der Waals surface area contributed by atoms with E-state index < -0.39 is 0 Å². The van der Waals surface area contributed by atoms with Gasteiger partial charge in [-0.3, -0.25) is 20.4 Å². The maximum atomic E-state index is 12.0. The Morgan fingerprint density at radius 1 is 0.870 bits per heavy atom. The van der Waals surface area contributed by atoms with E-state index in [4.69, 9.17) is 0 Å². The van der Waals surface area contributed by atoms with Crippen LogP contribution in [0.2, 0.25) is 0 Å². The smallest absolute Gasteiger partial charge is 0.269 e. The van der Waals surface area contributed by atoms with Crippen LogP contribution in [0.15, 0.2) is 48.5 Å². The largest absolute Gasteiger partial charge is 0.273 e. The van der Waals surface area contributed by atoms with Crippen molar-refractivity contribution < 1.29 is 9.59 Å². The van der Waals surface area contributed by atoms with Crippen molar-refractivity contribution in [2.24, 2.45) is 0 Å². The normalized spacial score (nSPS) is 13.0. The molecule has 0 aliphatic heterocycles. The average molecular weight is 308 g/mol. The van der Waals surface area contributed by atoms with Gasteiger partial charge in [-0.2, -0.15) is 0 Å². The topological polar surface area (TPSA) is 58.2 Å². The number of hydrogen-bond donors (Lipinski definition) is 2. The lowest BCUT2D eigenvalue weighted by molar-refractivity contribution is -0.121. The van der Waals surface area contributed by atoms with Crippen LogP contribution >= 0.6 is 0 Å². The molecule has 2 amide bonds. The number of carbonyl (C=O) groups excluding carboxylic acids is 2. The Kier molecular flexibility index (Phi) is 4.71. The van der Waals surface area contributed by atoms with Gasteiger partial charge in [-0.05, 0) is 54.5 Å². The van der Waals surface area contributed by atoms with E-state index >= 15 is 0 Å². The zero-order valence-electron chi connectivity index (χ0n) is 13.0. The molecule has 0 spiro atoms. The number of benzene rings is 2. The van der Waals surface area contributed by atoms with E-state index in [2.05, 4.69) is 23.0 Å². The van der Waals surface area contributed by atoms with Gasteiger partial charge in [-0.15, -0.1) is 0 Å². The summed E-state index contributed by atoms with van der Waals surface area (Å²) in [4.78, 5) is 23.9. The molecule has 0 radical (unpaired) electrons. The number of nitrogens with one attached hydrogen (secondary N) is 2. The lowest BCUT2D eigenvalue weighted by Crippen LogP contribution is -2.42. The number of aryl methyl sites for hydroxylation is 2. The molecule has 0 atom stereocenters. The molecule has 0 fully saturated rings. The van der Waals surface area contributed by atoms with Gasteiger partial charge in [0.1, 0.15) is 0 Å². The van der Waals surface area contributed by atoms with Crippen LogP contribution in [0.5, 0.6) is 0 Å². The summed E-state index contributed by atoms with van der Waals surface area (Å²) in [5.74, 6) is -0.533. The van der Waals surface area contributed by atoms with Gasteiger partial charge in [0.15, 0.2) is 0 Å². The number of carbonyl (C=O) groups is 2. The number of hydrazine groups is 1. The number of hydrogen-bond acceptors (Lipinski definition) is 2. The Hall–Kier alpha value is -2.62. The average Bonchev–Trinajstić information content (AvgIpc) is 2.60. The van der Waals surface area contributed by atoms with Crippen molar-refractivity contribution in [3.8, 4) is 0 Å². The highest BCUT2D eigenvalue weighted by Crippen LogP contribution is 2.22. The van der Waals surface area contributed by atoms with Crippen molar-refractivity contribution >= 4 is 11.8 Å². The fourth-order valence-corrected chi connectivity index (χ4v) is 2.91. The van der Waals surface area contributed by atoms with E-state index in [9.17, 15) is 9.59 Å². The van der Waals surface area contributed by atoms with Crippen LogP contribution in [-0.4, -0.2) is 11.8 Å². The molecule has 4 heteroatoms. The molecule has 0 aromatic heterocycles. The summed E-state index contributed by atoms with van der Waals surface area (Å²) in [5, 5.41) is 0. The van der Waals surface area contributed by atoms with Gasteiger partial charge < -0.3 is 0 Å². The number of amides is 2. The predicted molar refractivity (Wildman–Crippen MR) is 88.8 cm³/mol. The summed E-state index contributed by atoms with van der Waals surface area (Å²) in [6, 6.07) is 15.0. The highest BCUT2D eigenvalue weighted by Gasteiger charge is 2.12. The van der Waals surface area contributed by atoms with E-state index in [1.165, 1.54) is 24.0 Å². The van der Waals surface area contributed by atoms with E-state index in [0.717, 1.165) is 18.4 Å². The predicted octanol–water partition coefficient (Wildman–Crippen LogP) is 2.57. The molecule has 2 N–H and O–H groups in total. The molecule has 23 heavy (non-hydrogen) atoms. The van der Waals surface area contributed by atoms with Gasteiger partial charge in [0.25, 0.3) is 5.91 Å². The summed E-state index contributed by atoms with van der Waals surface area (Å²) in [7, 11) is 0. The molecule has 4 nitrogen and oxygen atoms in total. The molecular weight excluding hydrogens is 288 g/mol. The molecular formula is C19H20N2O2. The first kappa shape index (κ1) is 15.3. The molecule has 2 aromatic carbocycles. The van der Waals surface area contributed by atoms with E-state index in [0.29, 0.717) is 5.56 Å². The van der Waals surface area contributed by atoms with E-state index in [-0.39, 0.29) is 18.2 Å². The first-order valence-corrected chi connectivity index (χ1v) is 7.97. The molecule has 1 aliphatic carbocycles. The minimum absolute atomic E-state index is 0.218. The van der Waals surface area contributed by atoms with Crippen LogP contribution in [0.1, 0.15) is 39.9 Å². The minimum Gasteiger partial charge on any atom is -0.273 e. The van der Waals surface area contributed by atoms with Gasteiger partial charge in [-0.1, -0.05) is 36.4 Å². The van der Waals surface area contributed by atoms with Crippen molar-refractivity contribution in [2.75, 3.05) is 0 Å². The maximum absolute atomic E-state index is 12.0. The summed E-state index contributed by atoms with van der Waals surface area (Å²) < 4.78 is 0. The van der Waals surface area contributed by atoms with Crippen molar-refractivity contribution in [2.45, 2.75) is 32.1 Å². The highest BCUT2D eigenvalue weighted by atomic mass is 16.2. The zero-order valence-corrected chi connectivity index (χ0v) is 13.0. The molecule has 118 valence electrons. The summed E-state index contributed by atoms with van der Waals surface area (Å²) in [6.45, 7) is 0. The van der Waals surface area contributed by atoms with Gasteiger partial charge >= 0.3 is 0 Å². The molecule has 0 saturated carbocycles. The summed E-state index contributed by atoms with van der Waals surface area (Å²) >= 11 is 0. The van der Waals surface area contributed by atoms with E-state index in [1.807, 2.05) is 12.1 Å². The molecule has 3 rings (SSSR count). The Morgan fingerprint density at radius 3 is 2.39 bits per heavy atom. The summed E-state index contributed by atoms with van der Waals surface area (Å²) in [5.41, 5.74) is 9.17. The lowest BCUT2D eigenvalue weighted by atomic mass is 9.90. The Labute approximate surface area is 135 Å². The molecule has 0 bridgehead atoms. The van der Waals surface area contributed by atoms with Gasteiger partial charge in [0.2, 0.25) is 5.91 Å². The second-order valence-corrected chi connectivity index (χ2v) is 5.86. The fraction of sp³-hybridized carbons (Fsp3) is 0.263. The Balaban J connectivity index is 1.54. The number of rotatable bonds is 3. The maximum Gasteiger partial charge on any atom is 0.269 e. The first-order chi connectivity index (χ1) is 11.2. The Morgan fingerprint density at radius 2 is 1.61 bits per heavy atom. The van der Waals surface area contributed by atoms with Crippen molar-refractivity contribution in [3.05, 3.63) is 70.8 Å². The third kappa shape index (κ3) is 3.97. The Bertz CT molecular complexity index is 711. The monoisotopic (exact) mass is 308 g/mol. The van der Waals surface area contributed by atoms with Crippen molar-refractivity contribution in [3.63, 3.8) is 0 Å². The standard InChI is InChI=1S/C19H20N2O2/c22-18(20-21-19(23)16-7-2-1-3-8-16)13-14-10-11-15-6-4-5-9-17(15)12-14/h1-3,7-8,10-12H,4-6,9,13H2,(H,20,22)(H,21,23). The second-order valence-electron chi connectivity index (χ2n) is 5.86. The highest BCUT2D eigenvalue weighted by molar-refractivity contribution is 5.95. The molecule has 2 aromatic rings. The molecule has 0 heterocycles. The van der Waals surface area contributed by atoms with Crippen LogP contribution in [0, 0.1) is 0 Å². The summed E-state index contributed by atoms with van der Waals surface area (Å²) in [6.07, 6.45) is 4.96. The van der Waals surface area contributed by atoms with Crippen molar-refractivity contribution in [1.82, 2.24) is 10.9 Å². The second kappa shape index (κ2) is 7.09. The zero-order chi connectivity index (χ0) is 16.1. The van der Waals surface area contributed by atoms with Gasteiger partial charge in [-0.25, -0.2) is 0 Å². The lowest BCUT2D eigenvalue weighted by Gasteiger charge is -2.16. The van der Waals surface area contributed by atoms with Crippen molar-refractivity contribution in [1.29, 1.82) is 0 Å². The first-order valence-electron chi connectivity index (χ1n) is 7.97. The van der Waals surface area contributed by atoms with Crippen LogP contribution in [0.3, 0.4) is 0 Å². The molecule has 1 aliphatic rings. The molecule has 0 saturated heterocycles. The van der Waals surface area contributed by atoms with Crippen LogP contribution < -0.4 is 10.9 Å². The van der Waals surface area contributed by atoms with Crippen LogP contribution in [0.4, 0.5) is 0 Å².